The van der Waals surface area contributed by atoms with Gasteiger partial charge < -0.3 is 30.1 Å². The van der Waals surface area contributed by atoms with Gasteiger partial charge in [-0.1, -0.05) is 43.3 Å². The molecule has 3 aromatic rings. The Morgan fingerprint density at radius 1 is 1.16 bits per heavy atom. The zero-order chi connectivity index (χ0) is 34.9. The van der Waals surface area contributed by atoms with E-state index in [1.165, 1.54) is 4.90 Å². The molecule has 3 aliphatic heterocycles. The molecule has 0 aliphatic carbocycles. The van der Waals surface area contributed by atoms with Crippen LogP contribution in [-0.2, 0) is 9.59 Å². The summed E-state index contributed by atoms with van der Waals surface area (Å²) in [6.45, 7) is 13.9. The number of piperazine rings is 1. The lowest BCUT2D eigenvalue weighted by Gasteiger charge is -2.43. The number of amides is 2. The average molecular weight is 696 g/mol. The number of rotatable bonds is 10. The predicted octanol–water partition coefficient (Wildman–Crippen LogP) is 4.29. The van der Waals surface area contributed by atoms with Crippen LogP contribution >= 0.6 is 11.3 Å². The van der Waals surface area contributed by atoms with Gasteiger partial charge in [-0.15, -0.1) is 11.3 Å². The molecule has 49 heavy (non-hydrogen) atoms. The molecule has 0 spiro atoms. The number of hydrogen-bond acceptors (Lipinski definition) is 10. The Balaban J connectivity index is 1.10. The van der Waals surface area contributed by atoms with Gasteiger partial charge in [0.2, 0.25) is 11.8 Å². The first kappa shape index (κ1) is 35.4. The number of nitrogens with zero attached hydrogens (tertiary/aromatic N) is 5. The number of anilines is 1. The van der Waals surface area contributed by atoms with Gasteiger partial charge in [0.15, 0.2) is 11.6 Å². The van der Waals surface area contributed by atoms with Crippen molar-refractivity contribution in [1.29, 1.82) is 0 Å². The van der Waals surface area contributed by atoms with Crippen molar-refractivity contribution in [2.75, 3.05) is 50.7 Å². The quantitative estimate of drug-likeness (QED) is 0.285. The lowest BCUT2D eigenvalue weighted by atomic mass is 9.91. The van der Waals surface area contributed by atoms with Gasteiger partial charge in [-0.05, 0) is 63.7 Å². The summed E-state index contributed by atoms with van der Waals surface area (Å²) in [5.41, 5.74) is 3.68. The fraction of sp³-hybridized carbons (Fsp3) is 0.611. The van der Waals surface area contributed by atoms with Crippen LogP contribution < -0.4 is 15.5 Å². The van der Waals surface area contributed by atoms with Crippen molar-refractivity contribution in [1.82, 2.24) is 30.6 Å². The van der Waals surface area contributed by atoms with Crippen LogP contribution in [0.15, 0.2) is 40.4 Å². The number of aryl methyl sites for hydroxylation is 1. The van der Waals surface area contributed by atoms with Gasteiger partial charge in [0.1, 0.15) is 17.6 Å². The topological polar surface area (TPSA) is 127 Å². The maximum absolute atomic E-state index is 15.4. The Bertz CT molecular complexity index is 1590. The van der Waals surface area contributed by atoms with Gasteiger partial charge in [0, 0.05) is 51.3 Å². The molecule has 3 saturated heterocycles. The normalized spacial score (nSPS) is 24.3. The molecule has 266 valence electrons. The maximum Gasteiger partial charge on any atom is 0.243 e. The van der Waals surface area contributed by atoms with E-state index in [-0.39, 0.29) is 42.8 Å². The molecule has 5 heterocycles. The van der Waals surface area contributed by atoms with Crippen LogP contribution in [0.25, 0.3) is 10.4 Å². The molecule has 11 nitrogen and oxygen atoms in total. The number of hydrogen-bond donors (Lipinski definition) is 3. The van der Waals surface area contributed by atoms with Gasteiger partial charge in [0.05, 0.1) is 28.2 Å². The van der Waals surface area contributed by atoms with Gasteiger partial charge in [0.25, 0.3) is 0 Å². The Morgan fingerprint density at radius 2 is 1.90 bits per heavy atom. The fourth-order valence-electron chi connectivity index (χ4n) is 7.63. The van der Waals surface area contributed by atoms with E-state index in [9.17, 15) is 14.7 Å². The van der Waals surface area contributed by atoms with Crippen molar-refractivity contribution in [2.45, 2.75) is 89.7 Å². The third-order valence-corrected chi connectivity index (χ3v) is 11.4. The lowest BCUT2D eigenvalue weighted by molar-refractivity contribution is -0.141. The van der Waals surface area contributed by atoms with Crippen molar-refractivity contribution in [2.24, 2.45) is 5.92 Å². The summed E-state index contributed by atoms with van der Waals surface area (Å²) >= 11 is 1.59. The Kier molecular flexibility index (Phi) is 10.7. The molecule has 1 aromatic carbocycles. The van der Waals surface area contributed by atoms with E-state index in [2.05, 4.69) is 37.5 Å². The zero-order valence-electron chi connectivity index (χ0n) is 29.2. The number of aliphatic hydroxyl groups excluding tert-OH is 1. The second kappa shape index (κ2) is 14.8. The first-order chi connectivity index (χ1) is 23.4. The number of aromatic nitrogens is 2. The predicted molar refractivity (Wildman–Crippen MR) is 188 cm³/mol. The highest BCUT2D eigenvalue weighted by Crippen LogP contribution is 2.34. The summed E-state index contributed by atoms with van der Waals surface area (Å²) < 4.78 is 21.2. The van der Waals surface area contributed by atoms with Crippen molar-refractivity contribution in [3.63, 3.8) is 0 Å². The monoisotopic (exact) mass is 695 g/mol. The second-order valence-corrected chi connectivity index (χ2v) is 15.4. The minimum absolute atomic E-state index is 0.0729. The summed E-state index contributed by atoms with van der Waals surface area (Å²) in [6, 6.07) is 8.86. The number of aliphatic hydroxyl groups is 1. The van der Waals surface area contributed by atoms with Crippen molar-refractivity contribution in [3.05, 3.63) is 52.9 Å². The summed E-state index contributed by atoms with van der Waals surface area (Å²) in [6.07, 6.45) is 0.437. The summed E-state index contributed by atoms with van der Waals surface area (Å²) in [5, 5.41) is 21.3. The number of likely N-dealkylation sites (tertiary alicyclic amines) is 1. The highest BCUT2D eigenvalue weighted by Gasteiger charge is 2.44. The minimum atomic E-state index is -1.15. The Hall–Kier alpha value is -3.39. The number of thiazole rings is 1. The number of carbonyl (C=O) groups is 2. The van der Waals surface area contributed by atoms with Gasteiger partial charge in [-0.25, -0.2) is 9.37 Å². The molecule has 2 unspecified atom stereocenters. The number of piperidine rings is 1. The van der Waals surface area contributed by atoms with Gasteiger partial charge in [-0.2, -0.15) is 0 Å². The van der Waals surface area contributed by atoms with E-state index < -0.39 is 23.7 Å². The number of alkyl halides is 1. The van der Waals surface area contributed by atoms with E-state index in [0.717, 1.165) is 28.2 Å². The van der Waals surface area contributed by atoms with Crippen LogP contribution in [0.1, 0.15) is 75.9 Å². The highest BCUT2D eigenvalue weighted by atomic mass is 32.1. The number of β-amino-alcohol motifs (C(OH)–C–C–N with tert-alkyl or cyclic N) is 1. The number of carbonyl (C=O) groups excluding carboxylic acids is 2. The molecular weight excluding hydrogens is 646 g/mol. The smallest absolute Gasteiger partial charge is 0.243 e. The SMILES string of the molecule is Cc1ncsc1-c1ccc(C(C)NC(=O)[C@@H]2C[C@@H](O)CN2C(=O)C(c2cc(N3CCN(CC4(F)CCNCC4)C[C@@H]3C)no2)C(C)C)cc1. The second-order valence-electron chi connectivity index (χ2n) is 14.5. The fourth-order valence-corrected chi connectivity index (χ4v) is 8.44. The summed E-state index contributed by atoms with van der Waals surface area (Å²) in [4.78, 5) is 39.1. The van der Waals surface area contributed by atoms with Crippen LogP contribution in [0.5, 0.6) is 0 Å². The molecule has 0 saturated carbocycles. The number of halogens is 1. The molecule has 0 bridgehead atoms. The van der Waals surface area contributed by atoms with Crippen molar-refractivity contribution in [3.8, 4) is 10.4 Å². The van der Waals surface area contributed by atoms with E-state index in [4.69, 9.17) is 4.52 Å². The van der Waals surface area contributed by atoms with Crippen LogP contribution in [0, 0.1) is 12.8 Å². The lowest BCUT2D eigenvalue weighted by Crippen LogP contribution is -2.56. The van der Waals surface area contributed by atoms with E-state index in [1.54, 1.807) is 11.3 Å². The number of benzene rings is 1. The zero-order valence-corrected chi connectivity index (χ0v) is 30.0. The minimum Gasteiger partial charge on any atom is -0.391 e. The molecule has 6 rings (SSSR count). The summed E-state index contributed by atoms with van der Waals surface area (Å²) in [5.74, 6) is -0.295. The largest absolute Gasteiger partial charge is 0.391 e. The molecule has 2 aromatic heterocycles. The average Bonchev–Trinajstić information content (AvgIpc) is 3.81. The molecule has 3 N–H and O–H groups in total. The van der Waals surface area contributed by atoms with Crippen molar-refractivity contribution < 1.29 is 23.6 Å². The standard InChI is InChI=1S/C36H50FN7O4S/c1-22(2)32(30-17-31(41-48-30)43-15-14-42(18-23(43)3)20-36(37)10-12-38-13-11-36)35(47)44-19-28(45)16-29(44)34(46)40-24(4)26-6-8-27(9-7-26)33-25(5)39-21-49-33/h6-9,17,21-24,28-29,32,38,45H,10-16,18-20H2,1-5H3,(H,40,46)/t23-,24?,28+,29-,32?/m0/s1. The highest BCUT2D eigenvalue weighted by molar-refractivity contribution is 7.13. The molecule has 5 atom stereocenters. The molecule has 3 aliphatic rings. The van der Waals surface area contributed by atoms with Gasteiger partial charge >= 0.3 is 0 Å². The molecular formula is C36H50FN7O4S. The van der Waals surface area contributed by atoms with E-state index >= 15 is 4.39 Å². The third kappa shape index (κ3) is 7.84. The van der Waals surface area contributed by atoms with Crippen LogP contribution in [0.3, 0.4) is 0 Å². The van der Waals surface area contributed by atoms with Crippen LogP contribution in [-0.4, -0.2) is 107 Å². The Labute approximate surface area is 292 Å². The van der Waals surface area contributed by atoms with Crippen molar-refractivity contribution >= 4 is 29.0 Å². The van der Waals surface area contributed by atoms with E-state index in [1.807, 2.05) is 63.5 Å². The third-order valence-electron chi connectivity index (χ3n) is 10.4. The van der Waals surface area contributed by atoms with E-state index in [0.29, 0.717) is 57.1 Å². The molecule has 0 radical (unpaired) electrons. The molecule has 13 heteroatoms. The first-order valence-electron chi connectivity index (χ1n) is 17.6. The maximum atomic E-state index is 15.4. The molecule has 2 amide bonds. The van der Waals surface area contributed by atoms with Gasteiger partial charge in [-0.3, -0.25) is 14.5 Å². The summed E-state index contributed by atoms with van der Waals surface area (Å²) in [7, 11) is 0. The first-order valence-corrected chi connectivity index (χ1v) is 18.4. The van der Waals surface area contributed by atoms with Crippen LogP contribution in [0.2, 0.25) is 0 Å². The molecule has 3 fully saturated rings. The van der Waals surface area contributed by atoms with Crippen LogP contribution in [0.4, 0.5) is 10.2 Å². The Morgan fingerprint density at radius 3 is 2.55 bits per heavy atom. The number of nitrogens with one attached hydrogen (secondary N) is 2.